The molecule has 2 fully saturated rings. The molecule has 0 bridgehead atoms. The SMILES string of the molecule is Cc1ncsc1-c1ccc(CNC(=O)[C@@H]2C[C@@H](O)CN2C(=O)[C@@H](NC(=O)C2(F)CC2)C(C)(C)C)c(OCCCCCCCCCC(=O)OC(C)(C)C)c1. The maximum absolute atomic E-state index is 14.5. The Kier molecular flexibility index (Phi) is 14.5. The molecule has 1 aliphatic carbocycles. The molecule has 0 spiro atoms. The number of carbonyl (C=O) groups excluding carboxylic acids is 4. The third-order valence-corrected chi connectivity index (χ3v) is 10.6. The number of halogens is 1. The van der Waals surface area contributed by atoms with Crippen LogP contribution in [0, 0.1) is 12.3 Å². The molecular weight excluding hydrogens is 700 g/mol. The number of aliphatic hydroxyl groups is 1. The van der Waals surface area contributed by atoms with E-state index in [0.29, 0.717) is 18.8 Å². The molecule has 0 unspecified atom stereocenters. The Morgan fingerprint density at radius 2 is 1.70 bits per heavy atom. The van der Waals surface area contributed by atoms with Gasteiger partial charge in [0.25, 0.3) is 5.91 Å². The zero-order valence-electron chi connectivity index (χ0n) is 32.5. The summed E-state index contributed by atoms with van der Waals surface area (Å²) in [4.78, 5) is 58.7. The molecule has 53 heavy (non-hydrogen) atoms. The van der Waals surface area contributed by atoms with Crippen molar-refractivity contribution in [2.75, 3.05) is 13.2 Å². The first-order valence-corrected chi connectivity index (χ1v) is 19.9. The Bertz CT molecular complexity index is 1580. The van der Waals surface area contributed by atoms with Crippen LogP contribution in [0.5, 0.6) is 5.75 Å². The van der Waals surface area contributed by atoms with Crippen molar-refractivity contribution in [3.05, 3.63) is 35.0 Å². The first-order valence-electron chi connectivity index (χ1n) is 19.0. The number of alkyl halides is 1. The molecule has 1 saturated carbocycles. The van der Waals surface area contributed by atoms with Crippen LogP contribution < -0.4 is 15.4 Å². The number of likely N-dealkylation sites (tertiary alicyclic amines) is 1. The Morgan fingerprint density at radius 1 is 1.04 bits per heavy atom. The van der Waals surface area contributed by atoms with Gasteiger partial charge in [0.2, 0.25) is 11.8 Å². The van der Waals surface area contributed by atoms with Gasteiger partial charge in [-0.25, -0.2) is 9.37 Å². The molecule has 3 atom stereocenters. The van der Waals surface area contributed by atoms with Gasteiger partial charge in [-0.15, -0.1) is 11.3 Å². The molecule has 4 rings (SSSR count). The Hall–Kier alpha value is -3.58. The van der Waals surface area contributed by atoms with E-state index in [1.807, 2.05) is 45.9 Å². The summed E-state index contributed by atoms with van der Waals surface area (Å²) in [7, 11) is 0. The van der Waals surface area contributed by atoms with Crippen LogP contribution in [-0.2, 0) is 30.5 Å². The van der Waals surface area contributed by atoms with Crippen LogP contribution in [0.1, 0.15) is 123 Å². The van der Waals surface area contributed by atoms with E-state index in [1.165, 1.54) is 4.90 Å². The van der Waals surface area contributed by atoms with Crippen molar-refractivity contribution >= 4 is 35.0 Å². The molecule has 11 nitrogen and oxygen atoms in total. The number of esters is 1. The highest BCUT2D eigenvalue weighted by Gasteiger charge is 2.53. The topological polar surface area (TPSA) is 147 Å². The van der Waals surface area contributed by atoms with Crippen LogP contribution in [-0.4, -0.2) is 81.3 Å². The van der Waals surface area contributed by atoms with Gasteiger partial charge in [0, 0.05) is 31.5 Å². The van der Waals surface area contributed by atoms with E-state index in [4.69, 9.17) is 9.47 Å². The Labute approximate surface area is 317 Å². The third-order valence-electron chi connectivity index (χ3n) is 9.58. The quantitative estimate of drug-likeness (QED) is 0.114. The van der Waals surface area contributed by atoms with Crippen molar-refractivity contribution in [1.82, 2.24) is 20.5 Å². The van der Waals surface area contributed by atoms with E-state index >= 15 is 0 Å². The van der Waals surface area contributed by atoms with Gasteiger partial charge in [0.1, 0.15) is 23.4 Å². The molecule has 2 aromatic rings. The molecular formula is C40H59FN4O7S. The number of ether oxygens (including phenoxy) is 2. The highest BCUT2D eigenvalue weighted by Crippen LogP contribution is 2.40. The maximum atomic E-state index is 14.5. The number of β-amino-alcohol motifs (C(OH)–C–C–N with tert-alkyl or cyclic N) is 1. The lowest BCUT2D eigenvalue weighted by molar-refractivity contribution is -0.155. The zero-order valence-corrected chi connectivity index (χ0v) is 33.3. The van der Waals surface area contributed by atoms with Gasteiger partial charge in [-0.2, -0.15) is 0 Å². The number of hydrogen-bond acceptors (Lipinski definition) is 9. The summed E-state index contributed by atoms with van der Waals surface area (Å²) in [5.41, 5.74) is 1.29. The van der Waals surface area contributed by atoms with Crippen molar-refractivity contribution in [3.63, 3.8) is 0 Å². The predicted molar refractivity (Wildman–Crippen MR) is 203 cm³/mol. The number of thiazole rings is 1. The van der Waals surface area contributed by atoms with Crippen LogP contribution in [0.4, 0.5) is 4.39 Å². The number of nitrogens with zero attached hydrogens (tertiary/aromatic N) is 2. The summed E-state index contributed by atoms with van der Waals surface area (Å²) in [6, 6.07) is 3.83. The van der Waals surface area contributed by atoms with Crippen LogP contribution in [0.3, 0.4) is 0 Å². The Balaban J connectivity index is 1.32. The molecule has 3 amide bonds. The maximum Gasteiger partial charge on any atom is 0.306 e. The minimum absolute atomic E-state index is 0.0477. The van der Waals surface area contributed by atoms with E-state index in [1.54, 1.807) is 37.6 Å². The smallest absolute Gasteiger partial charge is 0.306 e. The van der Waals surface area contributed by atoms with Crippen molar-refractivity contribution < 1.29 is 38.1 Å². The number of aromatic nitrogens is 1. The third kappa shape index (κ3) is 12.5. The molecule has 1 aromatic heterocycles. The second-order valence-corrected chi connectivity index (χ2v) is 17.5. The second-order valence-electron chi connectivity index (χ2n) is 16.6. The number of carbonyl (C=O) groups is 4. The summed E-state index contributed by atoms with van der Waals surface area (Å²) in [6.07, 6.45) is 6.72. The van der Waals surface area contributed by atoms with Crippen LogP contribution in [0.25, 0.3) is 10.4 Å². The fourth-order valence-corrected chi connectivity index (χ4v) is 7.21. The fraction of sp³-hybridized carbons (Fsp3) is 0.675. The molecule has 13 heteroatoms. The van der Waals surface area contributed by atoms with Gasteiger partial charge in [-0.05, 0) is 70.4 Å². The minimum atomic E-state index is -1.95. The van der Waals surface area contributed by atoms with Crippen molar-refractivity contribution in [2.24, 2.45) is 5.41 Å². The van der Waals surface area contributed by atoms with Gasteiger partial charge < -0.3 is 30.1 Å². The molecule has 3 N–H and O–H groups in total. The zero-order chi connectivity index (χ0) is 39.0. The number of aryl methyl sites for hydroxylation is 1. The van der Waals surface area contributed by atoms with E-state index in [9.17, 15) is 28.7 Å². The van der Waals surface area contributed by atoms with E-state index in [2.05, 4.69) is 15.6 Å². The number of unbranched alkanes of at least 4 members (excludes halogenated alkanes) is 6. The predicted octanol–water partition coefficient (Wildman–Crippen LogP) is 6.57. The van der Waals surface area contributed by atoms with Gasteiger partial charge in [-0.3, -0.25) is 19.2 Å². The molecule has 2 aliphatic rings. The van der Waals surface area contributed by atoms with E-state index < -0.39 is 52.6 Å². The largest absolute Gasteiger partial charge is 0.493 e. The number of rotatable bonds is 18. The molecule has 2 heterocycles. The van der Waals surface area contributed by atoms with E-state index in [0.717, 1.165) is 66.6 Å². The number of aliphatic hydroxyl groups excluding tert-OH is 1. The summed E-state index contributed by atoms with van der Waals surface area (Å²) >= 11 is 1.54. The van der Waals surface area contributed by atoms with Gasteiger partial charge in [0.15, 0.2) is 5.67 Å². The van der Waals surface area contributed by atoms with Crippen LogP contribution in [0.15, 0.2) is 23.7 Å². The standard InChI is InChI=1S/C40H59FN4O7S/c1-26-33(53-25-43-26)27-16-17-28(31(21-27)51-20-14-12-10-8-9-11-13-15-32(47)52-39(5,6)7)23-42-35(48)30-22-29(46)24-45(30)36(49)34(38(2,3)4)44-37(50)40(41)18-19-40/h16-17,21,25,29-30,34,46H,8-15,18-20,22-24H2,1-7H3,(H,42,48)(H,44,50)/t29-,30+,34-/m1/s1. The lowest BCUT2D eigenvalue weighted by Crippen LogP contribution is -2.59. The average molecular weight is 759 g/mol. The first kappa shape index (κ1) is 42.2. The number of benzene rings is 1. The van der Waals surface area contributed by atoms with Gasteiger partial charge >= 0.3 is 5.97 Å². The monoisotopic (exact) mass is 758 g/mol. The molecule has 294 valence electrons. The van der Waals surface area contributed by atoms with Gasteiger partial charge in [0.05, 0.1) is 28.8 Å². The molecule has 1 saturated heterocycles. The minimum Gasteiger partial charge on any atom is -0.493 e. The molecule has 1 aromatic carbocycles. The number of amides is 3. The summed E-state index contributed by atoms with van der Waals surface area (Å²) in [5, 5.41) is 16.1. The Morgan fingerprint density at radius 3 is 2.30 bits per heavy atom. The van der Waals surface area contributed by atoms with Crippen molar-refractivity contribution in [2.45, 2.75) is 155 Å². The number of hydrogen-bond donors (Lipinski definition) is 3. The first-order chi connectivity index (χ1) is 24.9. The summed E-state index contributed by atoms with van der Waals surface area (Å²) < 4.78 is 26.2. The highest BCUT2D eigenvalue weighted by molar-refractivity contribution is 7.13. The van der Waals surface area contributed by atoms with E-state index in [-0.39, 0.29) is 38.3 Å². The van der Waals surface area contributed by atoms with Crippen molar-refractivity contribution in [3.8, 4) is 16.2 Å². The highest BCUT2D eigenvalue weighted by atomic mass is 32.1. The molecule has 1 aliphatic heterocycles. The van der Waals surface area contributed by atoms with Crippen molar-refractivity contribution in [1.29, 1.82) is 0 Å². The lowest BCUT2D eigenvalue weighted by atomic mass is 9.85. The van der Waals surface area contributed by atoms with Gasteiger partial charge in [-0.1, -0.05) is 65.0 Å². The number of nitrogens with one attached hydrogen (secondary N) is 2. The molecule has 0 radical (unpaired) electrons. The van der Waals surface area contributed by atoms with Crippen LogP contribution >= 0.6 is 11.3 Å². The average Bonchev–Trinajstić information content (AvgIpc) is 3.48. The fourth-order valence-electron chi connectivity index (χ4n) is 6.40. The summed E-state index contributed by atoms with van der Waals surface area (Å²) in [5.74, 6) is -1.27. The normalized spacial score (nSPS) is 18.7. The second kappa shape index (κ2) is 18.2. The van der Waals surface area contributed by atoms with Crippen LogP contribution in [0.2, 0.25) is 0 Å². The summed E-state index contributed by atoms with van der Waals surface area (Å²) in [6.45, 7) is 13.5. The lowest BCUT2D eigenvalue weighted by Gasteiger charge is -2.35.